The Kier molecular flexibility index (Phi) is 6.46. The van der Waals surface area contributed by atoms with Gasteiger partial charge in [-0.25, -0.2) is 13.2 Å². The fourth-order valence-electron chi connectivity index (χ4n) is 4.71. The molecule has 0 aromatic heterocycles. The monoisotopic (exact) mass is 500 g/mol. The number of nitrogens with zero attached hydrogens (tertiary/aromatic N) is 1. The van der Waals surface area contributed by atoms with E-state index in [0.717, 1.165) is 10.5 Å². The van der Waals surface area contributed by atoms with Crippen molar-refractivity contribution in [3.8, 4) is 0 Å². The van der Waals surface area contributed by atoms with Gasteiger partial charge < -0.3 is 20.1 Å². The molecule has 2 saturated heterocycles. The van der Waals surface area contributed by atoms with E-state index in [0.29, 0.717) is 5.56 Å². The van der Waals surface area contributed by atoms with Crippen LogP contribution in [0.5, 0.6) is 0 Å². The molecule has 35 heavy (non-hydrogen) atoms. The fraction of sp³-hybridized carbons (Fsp3) is 0.400. The molecule has 2 amide bonds. The molecular weight excluding hydrogens is 472 g/mol. The van der Waals surface area contributed by atoms with E-state index in [9.17, 15) is 27.9 Å². The molecule has 0 bridgehead atoms. The number of amides is 2. The summed E-state index contributed by atoms with van der Waals surface area (Å²) in [5, 5.41) is 11.8. The molecule has 0 unspecified atom stereocenters. The molecule has 5 atom stereocenters. The normalized spacial score (nSPS) is 25.7. The molecule has 0 saturated carbocycles. The summed E-state index contributed by atoms with van der Waals surface area (Å²) in [5.74, 6) is -3.99. The first-order valence-corrected chi connectivity index (χ1v) is 12.8. The standard InChI is InChI=1S/C25H28N2O7S/c1-15(17-12-8-5-9-13-17)26-21(29)19(28)18-22(30)27-20(25(2,3)35(32,33)23(18)27)24(31)34-14-16-10-6-4-7-11-16/h4-13,15,18-20,23,28H,14H2,1-3H3,(H,26,29)/t15-,18-,19+,20+,23-/m1/s1. The van der Waals surface area contributed by atoms with Crippen LogP contribution in [0.15, 0.2) is 60.7 Å². The first-order chi connectivity index (χ1) is 16.5. The molecule has 0 aliphatic carbocycles. The number of nitrogens with one attached hydrogen (secondary N) is 1. The lowest BCUT2D eigenvalue weighted by Gasteiger charge is -2.44. The van der Waals surface area contributed by atoms with Crippen LogP contribution < -0.4 is 5.32 Å². The van der Waals surface area contributed by atoms with E-state index < -0.39 is 61.8 Å². The summed E-state index contributed by atoms with van der Waals surface area (Å²) in [5.41, 5.74) is 1.49. The fourth-order valence-corrected chi connectivity index (χ4v) is 7.03. The van der Waals surface area contributed by atoms with Gasteiger partial charge in [0.15, 0.2) is 9.84 Å². The molecule has 2 aliphatic rings. The molecule has 10 heteroatoms. The third-order valence-corrected chi connectivity index (χ3v) is 9.67. The predicted molar refractivity (Wildman–Crippen MR) is 126 cm³/mol. The molecule has 2 aromatic rings. The van der Waals surface area contributed by atoms with Crippen molar-refractivity contribution >= 4 is 27.6 Å². The molecule has 2 fully saturated rings. The number of hydrogen-bond acceptors (Lipinski definition) is 7. The lowest BCUT2D eigenvalue weighted by molar-refractivity contribution is -0.174. The van der Waals surface area contributed by atoms with Gasteiger partial charge in [0.2, 0.25) is 11.8 Å². The summed E-state index contributed by atoms with van der Waals surface area (Å²) < 4.78 is 30.4. The third-order valence-electron chi connectivity index (χ3n) is 6.82. The Morgan fingerprint density at radius 3 is 2.26 bits per heavy atom. The maximum atomic E-state index is 13.3. The number of carbonyl (C=O) groups excluding carboxylic acids is 3. The number of fused-ring (bicyclic) bond motifs is 1. The van der Waals surface area contributed by atoms with Gasteiger partial charge >= 0.3 is 5.97 Å². The van der Waals surface area contributed by atoms with Crippen molar-refractivity contribution in [2.75, 3.05) is 0 Å². The molecule has 4 rings (SSSR count). The van der Waals surface area contributed by atoms with E-state index in [1.54, 1.807) is 55.5 Å². The average Bonchev–Trinajstić information content (AvgIpc) is 2.98. The highest BCUT2D eigenvalue weighted by Crippen LogP contribution is 2.50. The van der Waals surface area contributed by atoms with E-state index in [4.69, 9.17) is 4.74 Å². The van der Waals surface area contributed by atoms with Gasteiger partial charge in [0.05, 0.1) is 10.8 Å². The van der Waals surface area contributed by atoms with Crippen molar-refractivity contribution in [1.82, 2.24) is 10.2 Å². The molecule has 2 heterocycles. The quantitative estimate of drug-likeness (QED) is 0.433. The molecular formula is C25H28N2O7S. The number of sulfone groups is 1. The molecule has 2 N–H and O–H groups in total. The zero-order chi connectivity index (χ0) is 25.5. The van der Waals surface area contributed by atoms with Crippen LogP contribution in [0, 0.1) is 5.92 Å². The Balaban J connectivity index is 1.51. The lowest BCUT2D eigenvalue weighted by atomic mass is 9.87. The Morgan fingerprint density at radius 2 is 1.66 bits per heavy atom. The van der Waals surface area contributed by atoms with Crippen LogP contribution in [0.1, 0.15) is 37.9 Å². The second kappa shape index (κ2) is 9.09. The van der Waals surface area contributed by atoms with E-state index >= 15 is 0 Å². The van der Waals surface area contributed by atoms with Crippen molar-refractivity contribution < 1.29 is 32.6 Å². The molecule has 9 nitrogen and oxygen atoms in total. The average molecular weight is 501 g/mol. The first-order valence-electron chi connectivity index (χ1n) is 11.3. The Hall–Kier alpha value is -3.24. The van der Waals surface area contributed by atoms with Crippen LogP contribution in [0.3, 0.4) is 0 Å². The number of aliphatic hydroxyl groups is 1. The minimum Gasteiger partial charge on any atom is -0.459 e. The van der Waals surface area contributed by atoms with E-state index in [-0.39, 0.29) is 6.61 Å². The first kappa shape index (κ1) is 24.9. The lowest BCUT2D eigenvalue weighted by Crippen LogP contribution is -2.68. The second-order valence-corrected chi connectivity index (χ2v) is 12.0. The van der Waals surface area contributed by atoms with Crippen molar-refractivity contribution in [3.05, 3.63) is 71.8 Å². The SMILES string of the molecule is C[C@@H](NC(=O)[C@@H](O)[C@@H]1C(=O)N2[C@@H](C(=O)OCc3ccccc3)C(C)(C)S(=O)(=O)[C@H]12)c1ccccc1. The number of aliphatic hydroxyl groups excluding tert-OH is 1. The number of carbonyl (C=O) groups is 3. The van der Waals surface area contributed by atoms with Gasteiger partial charge in [-0.15, -0.1) is 0 Å². The molecule has 0 radical (unpaired) electrons. The topological polar surface area (TPSA) is 130 Å². The van der Waals surface area contributed by atoms with Crippen molar-refractivity contribution in [3.63, 3.8) is 0 Å². The van der Waals surface area contributed by atoms with Crippen molar-refractivity contribution in [2.24, 2.45) is 5.92 Å². The number of esters is 1. The highest BCUT2D eigenvalue weighted by Gasteiger charge is 2.74. The van der Waals surface area contributed by atoms with E-state index in [2.05, 4.69) is 5.32 Å². The van der Waals surface area contributed by atoms with Gasteiger partial charge in [0.1, 0.15) is 30.0 Å². The highest BCUT2D eigenvalue weighted by molar-refractivity contribution is 7.93. The zero-order valence-corrected chi connectivity index (χ0v) is 20.4. The Bertz CT molecular complexity index is 1230. The van der Waals surface area contributed by atoms with Gasteiger partial charge in [-0.3, -0.25) is 9.59 Å². The molecule has 2 aliphatic heterocycles. The predicted octanol–water partition coefficient (Wildman–Crippen LogP) is 1.33. The van der Waals surface area contributed by atoms with Crippen molar-refractivity contribution in [2.45, 2.75) is 55.7 Å². The highest BCUT2D eigenvalue weighted by atomic mass is 32.2. The van der Waals surface area contributed by atoms with Gasteiger partial charge in [0, 0.05) is 0 Å². The number of benzene rings is 2. The number of hydrogen-bond donors (Lipinski definition) is 2. The number of rotatable bonds is 7. The minimum atomic E-state index is -4.12. The number of ether oxygens (including phenoxy) is 1. The maximum absolute atomic E-state index is 13.3. The smallest absolute Gasteiger partial charge is 0.330 e. The Labute approximate surface area is 204 Å². The van der Waals surface area contributed by atoms with Crippen LogP contribution in [-0.4, -0.2) is 58.5 Å². The van der Waals surface area contributed by atoms with Crippen LogP contribution in [0.2, 0.25) is 0 Å². The van der Waals surface area contributed by atoms with Gasteiger partial charge in [-0.1, -0.05) is 60.7 Å². The summed E-state index contributed by atoms with van der Waals surface area (Å²) in [6.07, 6.45) is -1.89. The second-order valence-electron chi connectivity index (χ2n) is 9.39. The van der Waals surface area contributed by atoms with Gasteiger partial charge in [-0.2, -0.15) is 0 Å². The molecule has 0 spiro atoms. The maximum Gasteiger partial charge on any atom is 0.330 e. The molecule has 186 valence electrons. The summed E-state index contributed by atoms with van der Waals surface area (Å²) in [6.45, 7) is 4.33. The summed E-state index contributed by atoms with van der Waals surface area (Å²) in [7, 11) is -4.12. The summed E-state index contributed by atoms with van der Waals surface area (Å²) in [6, 6.07) is 16.0. The summed E-state index contributed by atoms with van der Waals surface area (Å²) in [4.78, 5) is 39.6. The zero-order valence-electron chi connectivity index (χ0n) is 19.6. The Morgan fingerprint density at radius 1 is 1.09 bits per heavy atom. The van der Waals surface area contributed by atoms with E-state index in [1.807, 2.05) is 12.1 Å². The van der Waals surface area contributed by atoms with E-state index in [1.165, 1.54) is 13.8 Å². The number of β-lactam (4-membered cyclic amide) rings is 1. The largest absolute Gasteiger partial charge is 0.459 e. The van der Waals surface area contributed by atoms with Gasteiger partial charge in [-0.05, 0) is 31.9 Å². The van der Waals surface area contributed by atoms with Gasteiger partial charge in [0.25, 0.3) is 0 Å². The third kappa shape index (κ3) is 4.10. The van der Waals surface area contributed by atoms with Crippen LogP contribution in [0.25, 0.3) is 0 Å². The van der Waals surface area contributed by atoms with Crippen LogP contribution in [0.4, 0.5) is 0 Å². The minimum absolute atomic E-state index is 0.0785. The van der Waals surface area contributed by atoms with Crippen LogP contribution in [-0.2, 0) is 35.6 Å². The summed E-state index contributed by atoms with van der Waals surface area (Å²) >= 11 is 0. The molecule has 2 aromatic carbocycles. The van der Waals surface area contributed by atoms with Crippen LogP contribution >= 0.6 is 0 Å². The van der Waals surface area contributed by atoms with Crippen molar-refractivity contribution in [1.29, 1.82) is 0 Å².